The van der Waals surface area contributed by atoms with Gasteiger partial charge in [0.2, 0.25) is 15.8 Å². The SMILES string of the molecule is CCOc1ccc(C(=O)c2oc3ccccc3c2NCC(=O)c2cccc(S(=O)(=O)N3CCCCCC3)c2)cc1. The number of nitrogens with one attached hydrogen (secondary N) is 1. The number of ether oxygens (including phenoxy) is 1. The molecule has 208 valence electrons. The molecule has 0 radical (unpaired) electrons. The summed E-state index contributed by atoms with van der Waals surface area (Å²) in [6.07, 6.45) is 3.69. The highest BCUT2D eigenvalue weighted by atomic mass is 32.2. The van der Waals surface area contributed by atoms with E-state index in [1.54, 1.807) is 42.5 Å². The first-order chi connectivity index (χ1) is 19.4. The molecule has 0 amide bonds. The molecule has 1 N–H and O–H groups in total. The maximum absolute atomic E-state index is 13.4. The molecule has 0 spiro atoms. The summed E-state index contributed by atoms with van der Waals surface area (Å²) >= 11 is 0. The summed E-state index contributed by atoms with van der Waals surface area (Å²) in [7, 11) is -3.69. The number of nitrogens with zero attached hydrogens (tertiary/aromatic N) is 1. The van der Waals surface area contributed by atoms with Gasteiger partial charge in [0.1, 0.15) is 11.3 Å². The van der Waals surface area contributed by atoms with Gasteiger partial charge in [-0.05, 0) is 68.3 Å². The Morgan fingerprint density at radius 1 is 0.900 bits per heavy atom. The third-order valence-electron chi connectivity index (χ3n) is 7.01. The van der Waals surface area contributed by atoms with Gasteiger partial charge in [0.15, 0.2) is 11.5 Å². The van der Waals surface area contributed by atoms with Crippen molar-refractivity contribution < 1.29 is 27.2 Å². The van der Waals surface area contributed by atoms with E-state index in [2.05, 4.69) is 5.32 Å². The molecule has 1 aromatic heterocycles. The Bertz CT molecular complexity index is 1620. The van der Waals surface area contributed by atoms with E-state index in [4.69, 9.17) is 9.15 Å². The van der Waals surface area contributed by atoms with Gasteiger partial charge in [0.05, 0.1) is 23.7 Å². The van der Waals surface area contributed by atoms with Crippen molar-refractivity contribution >= 4 is 38.2 Å². The third kappa shape index (κ3) is 5.80. The fraction of sp³-hybridized carbons (Fsp3) is 0.290. The molecular weight excluding hydrogens is 528 g/mol. The molecule has 2 heterocycles. The van der Waals surface area contributed by atoms with Crippen LogP contribution in [0.2, 0.25) is 0 Å². The molecular formula is C31H32N2O6S. The predicted octanol–water partition coefficient (Wildman–Crippen LogP) is 5.92. The maximum Gasteiger partial charge on any atom is 0.243 e. The molecule has 0 aliphatic carbocycles. The van der Waals surface area contributed by atoms with Crippen molar-refractivity contribution in [3.8, 4) is 5.75 Å². The van der Waals surface area contributed by atoms with E-state index < -0.39 is 10.0 Å². The van der Waals surface area contributed by atoms with Crippen LogP contribution in [0, 0.1) is 0 Å². The van der Waals surface area contributed by atoms with E-state index in [9.17, 15) is 18.0 Å². The van der Waals surface area contributed by atoms with Crippen LogP contribution in [0.5, 0.6) is 5.75 Å². The van der Waals surface area contributed by atoms with E-state index in [1.807, 2.05) is 25.1 Å². The molecule has 4 aromatic rings. The highest BCUT2D eigenvalue weighted by Crippen LogP contribution is 2.33. The minimum atomic E-state index is -3.69. The molecule has 40 heavy (non-hydrogen) atoms. The lowest BCUT2D eigenvalue weighted by Gasteiger charge is -2.20. The molecule has 1 aliphatic rings. The summed E-state index contributed by atoms with van der Waals surface area (Å²) in [5, 5.41) is 3.77. The predicted molar refractivity (Wildman–Crippen MR) is 154 cm³/mol. The number of hydrogen-bond donors (Lipinski definition) is 1. The number of anilines is 1. The van der Waals surface area contributed by atoms with Crippen molar-refractivity contribution in [2.24, 2.45) is 0 Å². The zero-order valence-corrected chi connectivity index (χ0v) is 23.2. The normalized spacial score (nSPS) is 14.5. The number of sulfonamides is 1. The summed E-state index contributed by atoms with van der Waals surface area (Å²) < 4.78 is 39.4. The smallest absolute Gasteiger partial charge is 0.243 e. The largest absolute Gasteiger partial charge is 0.494 e. The number of ketones is 2. The van der Waals surface area contributed by atoms with Crippen LogP contribution in [0.25, 0.3) is 11.0 Å². The Labute approximate surface area is 234 Å². The first kappa shape index (κ1) is 27.6. The molecule has 0 saturated carbocycles. The highest BCUT2D eigenvalue weighted by Gasteiger charge is 2.26. The van der Waals surface area contributed by atoms with Gasteiger partial charge in [-0.25, -0.2) is 8.42 Å². The average Bonchev–Trinajstić information content (AvgIpc) is 3.12. The van der Waals surface area contributed by atoms with Gasteiger partial charge in [0, 0.05) is 29.6 Å². The standard InChI is InChI=1S/C31H32N2O6S/c1-2-38-24-16-14-22(15-17-24)30(35)31-29(26-12-5-6-13-28(26)39-31)32-21-27(34)23-10-9-11-25(20-23)40(36,37)33-18-7-3-4-8-19-33/h5-6,9-17,20,32H,2-4,7-8,18-19,21H2,1H3. The first-order valence-electron chi connectivity index (χ1n) is 13.5. The van der Waals surface area contributed by atoms with Crippen molar-refractivity contribution in [1.29, 1.82) is 0 Å². The number of carbonyl (C=O) groups excluding carboxylic acids is 2. The zero-order valence-electron chi connectivity index (χ0n) is 22.4. The van der Waals surface area contributed by atoms with Crippen molar-refractivity contribution in [1.82, 2.24) is 4.31 Å². The molecule has 1 fully saturated rings. The van der Waals surface area contributed by atoms with Crippen molar-refractivity contribution in [2.45, 2.75) is 37.5 Å². The van der Waals surface area contributed by atoms with Crippen molar-refractivity contribution in [2.75, 3.05) is 31.6 Å². The summed E-state index contributed by atoms with van der Waals surface area (Å²) in [4.78, 5) is 26.8. The van der Waals surface area contributed by atoms with Gasteiger partial charge in [-0.1, -0.05) is 37.1 Å². The fourth-order valence-corrected chi connectivity index (χ4v) is 6.48. The van der Waals surface area contributed by atoms with Crippen LogP contribution < -0.4 is 10.1 Å². The maximum atomic E-state index is 13.4. The van der Waals surface area contributed by atoms with Crippen LogP contribution >= 0.6 is 0 Å². The first-order valence-corrected chi connectivity index (χ1v) is 15.0. The van der Waals surface area contributed by atoms with E-state index in [0.717, 1.165) is 25.7 Å². The Kier molecular flexibility index (Phi) is 8.32. The van der Waals surface area contributed by atoms with Gasteiger partial charge in [-0.3, -0.25) is 9.59 Å². The molecule has 0 atom stereocenters. The Hall–Kier alpha value is -3.95. The van der Waals surface area contributed by atoms with Gasteiger partial charge in [0.25, 0.3) is 0 Å². The van der Waals surface area contributed by atoms with E-state index >= 15 is 0 Å². The lowest BCUT2D eigenvalue weighted by atomic mass is 10.1. The molecule has 1 aliphatic heterocycles. The number of furan rings is 1. The van der Waals surface area contributed by atoms with Crippen molar-refractivity contribution in [3.63, 3.8) is 0 Å². The Morgan fingerprint density at radius 2 is 1.62 bits per heavy atom. The second-order valence-corrected chi connectivity index (χ2v) is 11.6. The number of para-hydroxylation sites is 1. The highest BCUT2D eigenvalue weighted by molar-refractivity contribution is 7.89. The Balaban J connectivity index is 1.38. The zero-order chi connectivity index (χ0) is 28.1. The van der Waals surface area contributed by atoms with Crippen LogP contribution in [0.1, 0.15) is 59.1 Å². The van der Waals surface area contributed by atoms with Crippen LogP contribution in [-0.4, -0.2) is 50.5 Å². The molecule has 0 unspecified atom stereocenters. The third-order valence-corrected chi connectivity index (χ3v) is 8.91. The topological polar surface area (TPSA) is 106 Å². The molecule has 9 heteroatoms. The summed E-state index contributed by atoms with van der Waals surface area (Å²) in [6, 6.07) is 20.2. The quantitative estimate of drug-likeness (QED) is 0.240. The fourth-order valence-electron chi connectivity index (χ4n) is 4.91. The van der Waals surface area contributed by atoms with Crippen LogP contribution in [0.15, 0.2) is 82.1 Å². The number of benzene rings is 3. The van der Waals surface area contributed by atoms with E-state index in [0.29, 0.717) is 47.7 Å². The van der Waals surface area contributed by atoms with Gasteiger partial charge in [-0.2, -0.15) is 4.31 Å². The summed E-state index contributed by atoms with van der Waals surface area (Å²) in [6.45, 7) is 3.23. The lowest BCUT2D eigenvalue weighted by molar-refractivity contribution is 0.0997. The minimum absolute atomic E-state index is 0.0932. The van der Waals surface area contributed by atoms with Crippen molar-refractivity contribution in [3.05, 3.63) is 89.7 Å². The van der Waals surface area contributed by atoms with Gasteiger partial charge < -0.3 is 14.5 Å². The summed E-state index contributed by atoms with van der Waals surface area (Å²) in [5.41, 5.74) is 1.62. The monoisotopic (exact) mass is 560 g/mol. The molecule has 1 saturated heterocycles. The molecule has 3 aromatic carbocycles. The number of rotatable bonds is 10. The molecule has 5 rings (SSSR count). The van der Waals surface area contributed by atoms with Gasteiger partial charge in [-0.15, -0.1) is 0 Å². The molecule has 0 bridgehead atoms. The van der Waals surface area contributed by atoms with E-state index in [1.165, 1.54) is 16.4 Å². The number of hydrogen-bond acceptors (Lipinski definition) is 7. The van der Waals surface area contributed by atoms with Crippen LogP contribution in [0.3, 0.4) is 0 Å². The van der Waals surface area contributed by atoms with Crippen LogP contribution in [-0.2, 0) is 10.0 Å². The van der Waals surface area contributed by atoms with Gasteiger partial charge >= 0.3 is 0 Å². The second-order valence-electron chi connectivity index (χ2n) is 9.71. The number of carbonyl (C=O) groups is 2. The summed E-state index contributed by atoms with van der Waals surface area (Å²) in [5.74, 6) is 0.112. The minimum Gasteiger partial charge on any atom is -0.494 e. The second kappa shape index (κ2) is 12.1. The molecule has 8 nitrogen and oxygen atoms in total. The average molecular weight is 561 g/mol. The Morgan fingerprint density at radius 3 is 2.35 bits per heavy atom. The lowest BCUT2D eigenvalue weighted by Crippen LogP contribution is -2.32. The van der Waals surface area contributed by atoms with E-state index in [-0.39, 0.29) is 34.3 Å². The van der Waals surface area contributed by atoms with Crippen LogP contribution in [0.4, 0.5) is 5.69 Å². The number of Topliss-reactive ketones (excluding diaryl/α,β-unsaturated/α-hetero) is 1. The number of fused-ring (bicyclic) bond motifs is 1.